The van der Waals surface area contributed by atoms with Crippen molar-refractivity contribution < 1.29 is 22.7 Å². The highest BCUT2D eigenvalue weighted by Gasteiger charge is 2.31. The van der Waals surface area contributed by atoms with E-state index < -0.39 is 9.84 Å². The highest BCUT2D eigenvalue weighted by molar-refractivity contribution is 7.91. The third-order valence-electron chi connectivity index (χ3n) is 5.74. The Kier molecular flexibility index (Phi) is 5.27. The topological polar surface area (TPSA) is 56.0 Å². The van der Waals surface area contributed by atoms with Gasteiger partial charge in [-0.05, 0) is 38.1 Å². The number of fused-ring (bicyclic) bond motifs is 1. The number of aryl methyl sites for hydroxylation is 1. The molecule has 2 aromatic carbocycles. The molecule has 4 rings (SSSR count). The molecule has 0 atom stereocenters. The number of nitrogens with zero attached hydrogens (tertiary/aromatic N) is 1. The molecular weight excluding hydrogens is 389 g/mol. The number of sulfone groups is 1. The number of hydrogen-bond acceptors (Lipinski definition) is 3. The molecule has 0 amide bonds. The number of piperazine rings is 1. The SMILES string of the molecule is CC[NH+]1CCN(c2c(S(=O)(=O)c3ccc(C)cc3)c[nH+]c3ccc(F)cc23)CC1. The molecule has 0 aliphatic carbocycles. The van der Waals surface area contributed by atoms with Crippen LogP contribution in [0, 0.1) is 12.7 Å². The lowest BCUT2D eigenvalue weighted by atomic mass is 10.1. The van der Waals surface area contributed by atoms with Gasteiger partial charge in [-0.15, -0.1) is 0 Å². The van der Waals surface area contributed by atoms with E-state index >= 15 is 0 Å². The van der Waals surface area contributed by atoms with Crippen LogP contribution in [0.5, 0.6) is 0 Å². The number of nitrogens with one attached hydrogen (secondary N) is 2. The minimum absolute atomic E-state index is 0.194. The lowest BCUT2D eigenvalue weighted by molar-refractivity contribution is -0.898. The number of pyridine rings is 1. The Morgan fingerprint density at radius 1 is 1.10 bits per heavy atom. The number of benzene rings is 2. The van der Waals surface area contributed by atoms with E-state index in [1.165, 1.54) is 17.0 Å². The molecule has 152 valence electrons. The summed E-state index contributed by atoms with van der Waals surface area (Å²) in [5, 5.41) is 0.595. The van der Waals surface area contributed by atoms with Gasteiger partial charge in [0.1, 0.15) is 5.82 Å². The van der Waals surface area contributed by atoms with Gasteiger partial charge in [0.25, 0.3) is 0 Å². The third kappa shape index (κ3) is 3.72. The molecule has 7 heteroatoms. The average molecular weight is 416 g/mol. The van der Waals surface area contributed by atoms with E-state index in [1.807, 2.05) is 6.92 Å². The first-order valence-electron chi connectivity index (χ1n) is 9.94. The van der Waals surface area contributed by atoms with Crippen LogP contribution >= 0.6 is 0 Å². The number of halogens is 1. The maximum absolute atomic E-state index is 14.1. The van der Waals surface area contributed by atoms with E-state index in [4.69, 9.17) is 0 Å². The maximum atomic E-state index is 14.1. The molecule has 0 spiro atoms. The van der Waals surface area contributed by atoms with Crippen molar-refractivity contribution in [2.75, 3.05) is 37.6 Å². The summed E-state index contributed by atoms with van der Waals surface area (Å²) in [6, 6.07) is 11.3. The van der Waals surface area contributed by atoms with Gasteiger partial charge < -0.3 is 9.80 Å². The molecule has 29 heavy (non-hydrogen) atoms. The van der Waals surface area contributed by atoms with E-state index in [0.717, 1.165) is 43.8 Å². The second-order valence-corrected chi connectivity index (χ2v) is 9.52. The third-order valence-corrected chi connectivity index (χ3v) is 7.52. The zero-order valence-electron chi connectivity index (χ0n) is 16.7. The first kappa shape index (κ1) is 19.8. The van der Waals surface area contributed by atoms with E-state index in [1.54, 1.807) is 36.5 Å². The zero-order valence-corrected chi connectivity index (χ0v) is 17.5. The highest BCUT2D eigenvalue weighted by Crippen LogP contribution is 2.35. The summed E-state index contributed by atoms with van der Waals surface area (Å²) in [4.78, 5) is 7.07. The number of rotatable bonds is 4. The van der Waals surface area contributed by atoms with Gasteiger partial charge in [0.2, 0.25) is 15.4 Å². The summed E-state index contributed by atoms with van der Waals surface area (Å²) >= 11 is 0. The predicted molar refractivity (Wildman–Crippen MR) is 111 cm³/mol. The molecular formula is C22H26FN3O2S+2. The standard InChI is InChI=1S/C22H24FN3O2S/c1-3-25-10-12-26(13-11-25)22-19-14-17(23)6-9-20(19)24-15-21(22)29(27,28)18-7-4-16(2)5-8-18/h4-9,14-15H,3,10-13H2,1-2H3/p+2. The van der Waals surface area contributed by atoms with Crippen LogP contribution in [0.1, 0.15) is 12.5 Å². The van der Waals surface area contributed by atoms with Gasteiger partial charge in [-0.3, -0.25) is 0 Å². The highest BCUT2D eigenvalue weighted by atomic mass is 32.2. The number of anilines is 1. The lowest BCUT2D eigenvalue weighted by Gasteiger charge is -2.34. The van der Waals surface area contributed by atoms with Crippen molar-refractivity contribution in [3.8, 4) is 0 Å². The Hall–Kier alpha value is -2.51. The molecule has 0 unspecified atom stereocenters. The summed E-state index contributed by atoms with van der Waals surface area (Å²) in [5.41, 5.74) is 2.30. The van der Waals surface area contributed by atoms with Gasteiger partial charge in [-0.1, -0.05) is 17.7 Å². The fourth-order valence-electron chi connectivity index (χ4n) is 3.96. The van der Waals surface area contributed by atoms with Crippen LogP contribution < -0.4 is 14.8 Å². The molecule has 2 N–H and O–H groups in total. The van der Waals surface area contributed by atoms with Crippen LogP contribution in [0.2, 0.25) is 0 Å². The Labute approximate surface area is 170 Å². The summed E-state index contributed by atoms with van der Waals surface area (Å²) in [6.07, 6.45) is 1.55. The number of likely N-dealkylation sites (N-methyl/N-ethyl adjacent to an activating group) is 1. The first-order valence-corrected chi connectivity index (χ1v) is 11.4. The number of aromatic amines is 1. The van der Waals surface area contributed by atoms with Crippen molar-refractivity contribution in [2.45, 2.75) is 23.6 Å². The molecule has 5 nitrogen and oxygen atoms in total. The predicted octanol–water partition coefficient (Wildman–Crippen LogP) is 1.66. The Morgan fingerprint density at radius 2 is 1.79 bits per heavy atom. The quantitative estimate of drug-likeness (QED) is 0.705. The van der Waals surface area contributed by atoms with Crippen LogP contribution in [0.15, 0.2) is 58.5 Å². The number of H-pyrrole nitrogens is 1. The Morgan fingerprint density at radius 3 is 2.45 bits per heavy atom. The van der Waals surface area contributed by atoms with Crippen molar-refractivity contribution in [3.05, 3.63) is 60.0 Å². The van der Waals surface area contributed by atoms with Crippen LogP contribution in [-0.4, -0.2) is 41.1 Å². The molecule has 1 fully saturated rings. The molecule has 1 aliphatic rings. The first-order chi connectivity index (χ1) is 13.9. The zero-order chi connectivity index (χ0) is 20.6. The number of hydrogen-bond donors (Lipinski definition) is 1. The van der Waals surface area contributed by atoms with Gasteiger partial charge in [-0.2, -0.15) is 0 Å². The van der Waals surface area contributed by atoms with E-state index in [-0.39, 0.29) is 15.6 Å². The maximum Gasteiger partial charge on any atom is 0.214 e. The van der Waals surface area contributed by atoms with Crippen molar-refractivity contribution in [1.29, 1.82) is 0 Å². The minimum Gasteiger partial charge on any atom is -0.358 e. The van der Waals surface area contributed by atoms with Crippen molar-refractivity contribution in [1.82, 2.24) is 0 Å². The van der Waals surface area contributed by atoms with Gasteiger partial charge in [0.15, 0.2) is 11.1 Å². The molecule has 1 aliphatic heterocycles. The van der Waals surface area contributed by atoms with Gasteiger partial charge in [-0.25, -0.2) is 17.8 Å². The van der Waals surface area contributed by atoms with Gasteiger partial charge >= 0.3 is 0 Å². The summed E-state index contributed by atoms with van der Waals surface area (Å²) < 4.78 is 41.1. The van der Waals surface area contributed by atoms with Crippen LogP contribution in [0.4, 0.5) is 10.1 Å². The molecule has 0 bridgehead atoms. The number of aromatic nitrogens is 1. The summed E-state index contributed by atoms with van der Waals surface area (Å²) in [5.74, 6) is -0.380. The molecule has 0 saturated carbocycles. The number of quaternary nitrogens is 1. The largest absolute Gasteiger partial charge is 0.358 e. The van der Waals surface area contributed by atoms with E-state index in [9.17, 15) is 12.8 Å². The van der Waals surface area contributed by atoms with Crippen LogP contribution in [0.25, 0.3) is 10.9 Å². The molecule has 0 radical (unpaired) electrons. The van der Waals surface area contributed by atoms with Crippen molar-refractivity contribution in [2.24, 2.45) is 0 Å². The monoisotopic (exact) mass is 415 g/mol. The van der Waals surface area contributed by atoms with Gasteiger partial charge in [0.05, 0.1) is 48.7 Å². The van der Waals surface area contributed by atoms with Crippen LogP contribution in [0.3, 0.4) is 0 Å². The fourth-order valence-corrected chi connectivity index (χ4v) is 5.41. The van der Waals surface area contributed by atoms with E-state index in [2.05, 4.69) is 16.8 Å². The van der Waals surface area contributed by atoms with E-state index in [0.29, 0.717) is 11.1 Å². The summed E-state index contributed by atoms with van der Waals surface area (Å²) in [7, 11) is -3.76. The second kappa shape index (κ2) is 7.72. The minimum atomic E-state index is -3.76. The molecule has 3 aromatic rings. The van der Waals surface area contributed by atoms with Gasteiger partial charge in [0, 0.05) is 6.07 Å². The summed E-state index contributed by atoms with van der Waals surface area (Å²) in [6.45, 7) is 8.43. The van der Waals surface area contributed by atoms with Crippen LogP contribution in [-0.2, 0) is 9.84 Å². The molecule has 2 heterocycles. The molecule has 1 saturated heterocycles. The Bertz CT molecular complexity index is 1140. The second-order valence-electron chi connectivity index (χ2n) is 7.60. The van der Waals surface area contributed by atoms with Crippen molar-refractivity contribution in [3.63, 3.8) is 0 Å². The lowest BCUT2D eigenvalue weighted by Crippen LogP contribution is -3.14. The Balaban J connectivity index is 1.91. The van der Waals surface area contributed by atoms with Crippen molar-refractivity contribution >= 4 is 26.4 Å². The normalized spacial score (nSPS) is 15.8. The average Bonchev–Trinajstić information content (AvgIpc) is 2.73. The fraction of sp³-hybridized carbons (Fsp3) is 0.318. The smallest absolute Gasteiger partial charge is 0.214 e. The molecule has 1 aromatic heterocycles.